The van der Waals surface area contributed by atoms with E-state index in [0.717, 1.165) is 23.0 Å². The first-order valence-electron chi connectivity index (χ1n) is 6.88. The van der Waals surface area contributed by atoms with Gasteiger partial charge in [0, 0.05) is 5.69 Å². The number of alkyl halides is 3. The van der Waals surface area contributed by atoms with E-state index in [9.17, 15) is 31.7 Å². The smallest absolute Gasteiger partial charge is 0.358 e. The number of halogens is 3. The summed E-state index contributed by atoms with van der Waals surface area (Å²) in [6, 6.07) is 2.87. The number of nitro groups is 1. The van der Waals surface area contributed by atoms with Crippen LogP contribution in [-0.2, 0) is 22.7 Å². The molecule has 2 aromatic rings. The van der Waals surface area contributed by atoms with Gasteiger partial charge in [-0.05, 0) is 36.5 Å². The minimum absolute atomic E-state index is 0.0831. The van der Waals surface area contributed by atoms with Gasteiger partial charge >= 0.3 is 12.0 Å². The summed E-state index contributed by atoms with van der Waals surface area (Å²) in [4.78, 5) is 9.27. The van der Waals surface area contributed by atoms with Crippen molar-refractivity contribution in [2.75, 3.05) is 4.72 Å². The molecule has 0 spiro atoms. The molecule has 1 heterocycles. The van der Waals surface area contributed by atoms with Crippen molar-refractivity contribution < 1.29 is 26.5 Å². The van der Waals surface area contributed by atoms with E-state index in [1.807, 2.05) is 4.72 Å². The van der Waals surface area contributed by atoms with Crippen LogP contribution in [-0.4, -0.2) is 23.1 Å². The van der Waals surface area contributed by atoms with E-state index in [1.54, 1.807) is 6.92 Å². The topological polar surface area (TPSA) is 107 Å². The molecule has 1 N–H and O–H groups in total. The molecule has 8 nitrogen and oxygen atoms in total. The first-order chi connectivity index (χ1) is 11.5. The van der Waals surface area contributed by atoms with Crippen LogP contribution >= 0.6 is 0 Å². The molecule has 0 saturated carbocycles. The van der Waals surface area contributed by atoms with Gasteiger partial charge < -0.3 is 10.1 Å². The lowest BCUT2D eigenvalue weighted by Gasteiger charge is -2.13. The second kappa shape index (κ2) is 6.35. The Hall–Kier alpha value is -2.63. The maximum Gasteiger partial charge on any atom is 0.416 e. The third-order valence-corrected chi connectivity index (χ3v) is 4.66. The molecular weight excluding hydrogens is 365 g/mol. The molecule has 1 aromatic carbocycles. The van der Waals surface area contributed by atoms with Gasteiger partial charge in [-0.3, -0.25) is 4.72 Å². The number of sulfonamides is 1. The van der Waals surface area contributed by atoms with Gasteiger partial charge in [0.15, 0.2) is 0 Å². The van der Waals surface area contributed by atoms with E-state index >= 15 is 0 Å². The van der Waals surface area contributed by atoms with Crippen molar-refractivity contribution in [1.29, 1.82) is 0 Å². The van der Waals surface area contributed by atoms with Gasteiger partial charge in [0.2, 0.25) is 4.90 Å². The number of benzene rings is 1. The van der Waals surface area contributed by atoms with Crippen molar-refractivity contribution >= 4 is 21.5 Å². The average Bonchev–Trinajstić information content (AvgIpc) is 2.93. The van der Waals surface area contributed by atoms with E-state index in [4.69, 9.17) is 0 Å². The van der Waals surface area contributed by atoms with E-state index in [1.165, 1.54) is 6.92 Å². The number of nitrogens with zero attached hydrogens (tertiary/aromatic N) is 3. The Morgan fingerprint density at radius 3 is 2.52 bits per heavy atom. The van der Waals surface area contributed by atoms with Gasteiger partial charge in [-0.15, -0.1) is 0 Å². The Kier molecular flexibility index (Phi) is 4.75. The van der Waals surface area contributed by atoms with E-state index in [-0.39, 0.29) is 17.8 Å². The second-order valence-electron chi connectivity index (χ2n) is 5.06. The molecule has 1 aromatic heterocycles. The third kappa shape index (κ3) is 3.90. The zero-order valence-corrected chi connectivity index (χ0v) is 13.8. The molecule has 2 rings (SSSR count). The fourth-order valence-corrected chi connectivity index (χ4v) is 3.24. The Morgan fingerprint density at radius 2 is 2.00 bits per heavy atom. The molecule has 0 atom stereocenters. The normalized spacial score (nSPS) is 12.2. The summed E-state index contributed by atoms with van der Waals surface area (Å²) in [5.41, 5.74) is -1.46. The Bertz CT molecular complexity index is 922. The average molecular weight is 378 g/mol. The fourth-order valence-electron chi connectivity index (χ4n) is 2.07. The van der Waals surface area contributed by atoms with Crippen LogP contribution in [0.2, 0.25) is 0 Å². The van der Waals surface area contributed by atoms with Gasteiger partial charge in [0.05, 0.1) is 23.4 Å². The third-order valence-electron chi connectivity index (χ3n) is 3.29. The predicted molar refractivity (Wildman–Crippen MR) is 81.5 cm³/mol. The highest BCUT2D eigenvalue weighted by molar-refractivity contribution is 7.92. The molecule has 0 unspecified atom stereocenters. The van der Waals surface area contributed by atoms with Crippen molar-refractivity contribution in [3.63, 3.8) is 0 Å². The maximum atomic E-state index is 12.9. The highest BCUT2D eigenvalue weighted by Gasteiger charge is 2.34. The number of nitrogens with one attached hydrogen (secondary N) is 1. The lowest BCUT2D eigenvalue weighted by molar-refractivity contribution is -0.392. The van der Waals surface area contributed by atoms with Crippen LogP contribution in [0.5, 0.6) is 0 Å². The van der Waals surface area contributed by atoms with Gasteiger partial charge in [0.25, 0.3) is 10.0 Å². The van der Waals surface area contributed by atoms with Crippen LogP contribution in [0.1, 0.15) is 18.1 Å². The van der Waals surface area contributed by atoms with E-state index in [2.05, 4.69) is 5.10 Å². The number of hydrogen-bond acceptors (Lipinski definition) is 5. The lowest BCUT2D eigenvalue weighted by Crippen LogP contribution is -2.15. The quantitative estimate of drug-likeness (QED) is 0.636. The number of anilines is 1. The molecule has 0 aliphatic carbocycles. The van der Waals surface area contributed by atoms with Crippen molar-refractivity contribution in [1.82, 2.24) is 9.78 Å². The van der Waals surface area contributed by atoms with Crippen molar-refractivity contribution in [3.8, 4) is 0 Å². The van der Waals surface area contributed by atoms with Gasteiger partial charge in [-0.25, -0.2) is 8.42 Å². The summed E-state index contributed by atoms with van der Waals surface area (Å²) in [5, 5.41) is 14.5. The first-order valence-corrected chi connectivity index (χ1v) is 8.36. The molecule has 12 heteroatoms. The molecular formula is C13H13F3N4O4S. The molecule has 0 bridgehead atoms. The molecule has 0 aliphatic heterocycles. The first kappa shape index (κ1) is 18.7. The number of rotatable bonds is 5. The minimum Gasteiger partial charge on any atom is -0.358 e. The van der Waals surface area contributed by atoms with Crippen LogP contribution in [0, 0.1) is 17.0 Å². The summed E-state index contributed by atoms with van der Waals surface area (Å²) in [7, 11) is -4.50. The van der Waals surface area contributed by atoms with Crippen LogP contribution < -0.4 is 4.72 Å². The number of aromatic nitrogens is 2. The van der Waals surface area contributed by atoms with Gasteiger partial charge in [-0.1, -0.05) is 6.07 Å². The minimum atomic E-state index is -4.66. The standard InChI is InChI=1S/C13H13F3N4O4S/c1-3-19-7-11(12(17-19)20(21)22)25(23,24)18-9-5-4-8(2)10(6-9)13(14,15)16/h4-7,18H,3H2,1-2H3. The van der Waals surface area contributed by atoms with Gasteiger partial charge in [0.1, 0.15) is 0 Å². The van der Waals surface area contributed by atoms with E-state index < -0.39 is 37.4 Å². The second-order valence-corrected chi connectivity index (χ2v) is 6.71. The maximum absolute atomic E-state index is 12.9. The highest BCUT2D eigenvalue weighted by Crippen LogP contribution is 2.34. The zero-order chi connectivity index (χ0) is 19.0. The molecule has 0 radical (unpaired) electrons. The number of aryl methyl sites for hydroxylation is 2. The molecule has 25 heavy (non-hydrogen) atoms. The Balaban J connectivity index is 2.47. The highest BCUT2D eigenvalue weighted by atomic mass is 32.2. The largest absolute Gasteiger partial charge is 0.416 e. The van der Waals surface area contributed by atoms with Crippen molar-refractivity contribution in [3.05, 3.63) is 45.6 Å². The predicted octanol–water partition coefficient (Wildman–Crippen LogP) is 2.94. The summed E-state index contributed by atoms with van der Waals surface area (Å²) in [5.74, 6) is -0.905. The monoisotopic (exact) mass is 378 g/mol. The van der Waals surface area contributed by atoms with Crippen molar-refractivity contribution in [2.45, 2.75) is 31.5 Å². The van der Waals surface area contributed by atoms with Crippen molar-refractivity contribution in [2.24, 2.45) is 0 Å². The summed E-state index contributed by atoms with van der Waals surface area (Å²) >= 11 is 0. The summed E-state index contributed by atoms with van der Waals surface area (Å²) in [6.07, 6.45) is -3.72. The van der Waals surface area contributed by atoms with E-state index in [0.29, 0.717) is 6.07 Å². The molecule has 0 amide bonds. The Morgan fingerprint density at radius 1 is 1.36 bits per heavy atom. The Labute approximate surface area is 140 Å². The number of hydrogen-bond donors (Lipinski definition) is 1. The molecule has 0 saturated heterocycles. The molecule has 136 valence electrons. The zero-order valence-electron chi connectivity index (χ0n) is 13.0. The van der Waals surface area contributed by atoms with Crippen LogP contribution in [0.3, 0.4) is 0 Å². The SMILES string of the molecule is CCn1cc(S(=O)(=O)Nc2ccc(C)c(C(F)(F)F)c2)c([N+](=O)[O-])n1. The van der Waals surface area contributed by atoms with Crippen LogP contribution in [0.15, 0.2) is 29.3 Å². The summed E-state index contributed by atoms with van der Waals surface area (Å²) < 4.78 is 66.4. The van der Waals surface area contributed by atoms with Crippen LogP contribution in [0.4, 0.5) is 24.7 Å². The van der Waals surface area contributed by atoms with Crippen LogP contribution in [0.25, 0.3) is 0 Å². The van der Waals surface area contributed by atoms with Gasteiger partial charge in [-0.2, -0.15) is 17.9 Å². The lowest BCUT2D eigenvalue weighted by atomic mass is 10.1. The molecule has 0 fully saturated rings. The summed E-state index contributed by atoms with van der Waals surface area (Å²) in [6.45, 7) is 3.01. The molecule has 0 aliphatic rings. The fraction of sp³-hybridized carbons (Fsp3) is 0.308.